The Bertz CT molecular complexity index is 839. The summed E-state index contributed by atoms with van der Waals surface area (Å²) in [5.74, 6) is 0. The molecule has 0 radical (unpaired) electrons. The maximum absolute atomic E-state index is 6.23. The Morgan fingerprint density at radius 2 is 1.80 bits per heavy atom. The van der Waals surface area contributed by atoms with Gasteiger partial charge in [-0.1, -0.05) is 57.6 Å². The number of halogens is 1. The summed E-state index contributed by atoms with van der Waals surface area (Å²) in [4.78, 5) is 2.52. The molecule has 1 aromatic heterocycles. The van der Waals surface area contributed by atoms with Gasteiger partial charge >= 0.3 is 0 Å². The molecule has 0 aliphatic carbocycles. The minimum atomic E-state index is 0.796. The molecule has 0 spiro atoms. The second-order valence-corrected chi connectivity index (χ2v) is 8.45. The van der Waals surface area contributed by atoms with E-state index in [4.69, 9.17) is 4.74 Å². The number of thiophene rings is 1. The Labute approximate surface area is 161 Å². The molecule has 0 bridgehead atoms. The van der Waals surface area contributed by atoms with Gasteiger partial charge in [-0.2, -0.15) is 0 Å². The summed E-state index contributed by atoms with van der Waals surface area (Å²) < 4.78 is 8.62. The summed E-state index contributed by atoms with van der Waals surface area (Å²) in [5.41, 5.74) is 2.45. The maximum Gasteiger partial charge on any atom is 0.182 e. The van der Waals surface area contributed by atoms with Crippen LogP contribution in [0.1, 0.15) is 19.3 Å². The lowest BCUT2D eigenvalue weighted by molar-refractivity contribution is 0.173. The van der Waals surface area contributed by atoms with Crippen LogP contribution in [0.5, 0.6) is 5.06 Å². The second-order valence-electron chi connectivity index (χ2n) is 6.52. The zero-order chi connectivity index (χ0) is 17.1. The molecule has 4 heteroatoms. The monoisotopic (exact) mass is 415 g/mol. The van der Waals surface area contributed by atoms with E-state index in [0.717, 1.165) is 22.6 Å². The summed E-state index contributed by atoms with van der Waals surface area (Å²) in [6.45, 7) is 4.58. The lowest BCUT2D eigenvalue weighted by Crippen LogP contribution is -2.37. The van der Waals surface area contributed by atoms with Crippen LogP contribution in [-0.4, -0.2) is 31.1 Å². The summed E-state index contributed by atoms with van der Waals surface area (Å²) in [6, 6.07) is 17.1. The van der Waals surface area contributed by atoms with Gasteiger partial charge in [0.25, 0.3) is 0 Å². The molecule has 130 valence electrons. The highest BCUT2D eigenvalue weighted by atomic mass is 79.9. The molecule has 3 aromatic rings. The predicted octanol–water partition coefficient (Wildman–Crippen LogP) is 6.20. The first-order chi connectivity index (χ1) is 12.3. The minimum Gasteiger partial charge on any atom is -0.483 e. The first kappa shape index (κ1) is 17.1. The fourth-order valence-electron chi connectivity index (χ4n) is 3.22. The zero-order valence-electron chi connectivity index (χ0n) is 14.2. The van der Waals surface area contributed by atoms with Crippen molar-refractivity contribution in [2.45, 2.75) is 19.3 Å². The molecule has 1 saturated heterocycles. The van der Waals surface area contributed by atoms with Gasteiger partial charge in [-0.25, -0.2) is 0 Å². The van der Waals surface area contributed by atoms with Crippen LogP contribution in [0.4, 0.5) is 0 Å². The number of rotatable bonds is 7. The Hall–Kier alpha value is -1.36. The van der Waals surface area contributed by atoms with Crippen LogP contribution in [0, 0.1) is 0 Å². The van der Waals surface area contributed by atoms with Gasteiger partial charge in [0.1, 0.15) is 0 Å². The SMILES string of the molecule is Brc1ccc(-c2c(OCCCCN3CCC3)sc3ccccc23)cc1. The molecule has 2 aromatic carbocycles. The van der Waals surface area contributed by atoms with Crippen molar-refractivity contribution in [1.82, 2.24) is 4.90 Å². The third-order valence-corrected chi connectivity index (χ3v) is 6.36. The van der Waals surface area contributed by atoms with E-state index in [9.17, 15) is 0 Å². The van der Waals surface area contributed by atoms with Crippen molar-refractivity contribution in [2.24, 2.45) is 0 Å². The van der Waals surface area contributed by atoms with Crippen LogP contribution >= 0.6 is 27.3 Å². The fourth-order valence-corrected chi connectivity index (χ4v) is 4.59. The molecule has 2 nitrogen and oxygen atoms in total. The second kappa shape index (κ2) is 7.90. The normalized spacial score (nSPS) is 14.6. The molecule has 1 fully saturated rings. The highest BCUT2D eigenvalue weighted by molar-refractivity contribution is 9.10. The third kappa shape index (κ3) is 3.91. The molecule has 0 atom stereocenters. The van der Waals surface area contributed by atoms with Crippen LogP contribution in [0.2, 0.25) is 0 Å². The highest BCUT2D eigenvalue weighted by Crippen LogP contribution is 2.44. The van der Waals surface area contributed by atoms with Crippen molar-refractivity contribution in [1.29, 1.82) is 0 Å². The summed E-state index contributed by atoms with van der Waals surface area (Å²) >= 11 is 5.28. The molecule has 0 saturated carbocycles. The van der Waals surface area contributed by atoms with Gasteiger partial charge in [-0.3, -0.25) is 0 Å². The number of benzene rings is 2. The van der Waals surface area contributed by atoms with Crippen molar-refractivity contribution in [3.63, 3.8) is 0 Å². The van der Waals surface area contributed by atoms with Crippen molar-refractivity contribution < 1.29 is 4.74 Å². The highest BCUT2D eigenvalue weighted by Gasteiger charge is 2.16. The van der Waals surface area contributed by atoms with Gasteiger partial charge in [-0.05, 0) is 62.7 Å². The Morgan fingerprint density at radius 3 is 2.56 bits per heavy atom. The van der Waals surface area contributed by atoms with Gasteiger partial charge < -0.3 is 9.64 Å². The minimum absolute atomic E-state index is 0.796. The average molecular weight is 416 g/mol. The number of unbranched alkanes of at least 4 members (excludes halogenated alkanes) is 1. The summed E-state index contributed by atoms with van der Waals surface area (Å²) in [7, 11) is 0. The number of ether oxygens (including phenoxy) is 1. The van der Waals surface area contributed by atoms with E-state index in [-0.39, 0.29) is 0 Å². The fraction of sp³-hybridized carbons (Fsp3) is 0.333. The maximum atomic E-state index is 6.23. The van der Waals surface area contributed by atoms with Gasteiger partial charge in [0.05, 0.1) is 6.61 Å². The number of hydrogen-bond donors (Lipinski definition) is 0. The molecule has 0 N–H and O–H groups in total. The zero-order valence-corrected chi connectivity index (χ0v) is 16.6. The van der Waals surface area contributed by atoms with Crippen molar-refractivity contribution in [2.75, 3.05) is 26.2 Å². The predicted molar refractivity (Wildman–Crippen MR) is 111 cm³/mol. The quantitative estimate of drug-likeness (QED) is 0.426. The average Bonchev–Trinajstić information content (AvgIpc) is 2.95. The third-order valence-electron chi connectivity index (χ3n) is 4.75. The van der Waals surface area contributed by atoms with Crippen molar-refractivity contribution in [3.05, 3.63) is 53.0 Å². The van der Waals surface area contributed by atoms with E-state index < -0.39 is 0 Å². The van der Waals surface area contributed by atoms with Gasteiger partial charge in [0, 0.05) is 20.1 Å². The van der Waals surface area contributed by atoms with Crippen LogP contribution < -0.4 is 4.74 Å². The molecule has 25 heavy (non-hydrogen) atoms. The first-order valence-corrected chi connectivity index (χ1v) is 10.5. The summed E-state index contributed by atoms with van der Waals surface area (Å²) in [6.07, 6.45) is 3.71. The van der Waals surface area contributed by atoms with Crippen molar-refractivity contribution >= 4 is 37.4 Å². The van der Waals surface area contributed by atoms with Gasteiger partial charge in [-0.15, -0.1) is 0 Å². The molecule has 1 aliphatic rings. The molecule has 0 unspecified atom stereocenters. The number of hydrogen-bond acceptors (Lipinski definition) is 3. The van der Waals surface area contributed by atoms with Crippen LogP contribution in [0.3, 0.4) is 0 Å². The molecule has 0 amide bonds. The smallest absolute Gasteiger partial charge is 0.182 e. The van der Waals surface area contributed by atoms with E-state index in [1.54, 1.807) is 11.3 Å². The molecule has 4 rings (SSSR count). The van der Waals surface area contributed by atoms with Crippen LogP contribution in [0.25, 0.3) is 21.2 Å². The molecule has 2 heterocycles. The van der Waals surface area contributed by atoms with E-state index in [0.29, 0.717) is 0 Å². The Morgan fingerprint density at radius 1 is 1.00 bits per heavy atom. The Kier molecular flexibility index (Phi) is 5.39. The molecular formula is C21H22BrNOS. The molecular weight excluding hydrogens is 394 g/mol. The van der Waals surface area contributed by atoms with Crippen LogP contribution in [-0.2, 0) is 0 Å². The molecule has 1 aliphatic heterocycles. The van der Waals surface area contributed by atoms with Crippen LogP contribution in [0.15, 0.2) is 53.0 Å². The number of fused-ring (bicyclic) bond motifs is 1. The van der Waals surface area contributed by atoms with Gasteiger partial charge in [0.15, 0.2) is 5.06 Å². The van der Waals surface area contributed by atoms with E-state index in [2.05, 4.69) is 69.4 Å². The standard InChI is InChI=1S/C21H22BrNOS/c22-17-10-8-16(9-11-17)20-18-6-1-2-7-19(18)25-21(20)24-15-4-3-12-23-13-5-14-23/h1-2,6-11H,3-5,12-15H2. The van der Waals surface area contributed by atoms with E-state index in [1.165, 1.54) is 53.7 Å². The lowest BCUT2D eigenvalue weighted by atomic mass is 10.0. The van der Waals surface area contributed by atoms with Gasteiger partial charge in [0.2, 0.25) is 0 Å². The summed E-state index contributed by atoms with van der Waals surface area (Å²) in [5, 5.41) is 2.33. The largest absolute Gasteiger partial charge is 0.483 e. The van der Waals surface area contributed by atoms with Crippen molar-refractivity contribution in [3.8, 4) is 16.2 Å². The Balaban J connectivity index is 1.50. The van der Waals surface area contributed by atoms with E-state index >= 15 is 0 Å². The lowest BCUT2D eigenvalue weighted by Gasteiger charge is -2.30. The number of nitrogens with zero attached hydrogens (tertiary/aromatic N) is 1. The number of likely N-dealkylation sites (tertiary alicyclic amines) is 1. The topological polar surface area (TPSA) is 12.5 Å². The first-order valence-electron chi connectivity index (χ1n) is 8.94. The van der Waals surface area contributed by atoms with E-state index in [1.807, 2.05) is 0 Å².